The lowest BCUT2D eigenvalue weighted by Gasteiger charge is -2.34. The monoisotopic (exact) mass is 389 g/mol. The lowest BCUT2D eigenvalue weighted by molar-refractivity contribution is 0.0506. The number of aromatic nitrogens is 1. The highest BCUT2D eigenvalue weighted by atomic mass is 16.5. The number of carbonyl (C=O) groups excluding carboxylic acids is 1. The van der Waals surface area contributed by atoms with E-state index in [4.69, 9.17) is 9.72 Å². The molecule has 3 aromatic rings. The van der Waals surface area contributed by atoms with Crippen LogP contribution in [0.2, 0.25) is 0 Å². The Bertz CT molecular complexity index is 996. The van der Waals surface area contributed by atoms with Crippen molar-refractivity contribution in [3.05, 3.63) is 60.2 Å². The van der Waals surface area contributed by atoms with E-state index in [9.17, 15) is 4.79 Å². The number of carbonyl (C=O) groups is 1. The van der Waals surface area contributed by atoms with Crippen LogP contribution >= 0.6 is 0 Å². The molecule has 0 aliphatic carbocycles. The minimum absolute atomic E-state index is 0.294. The van der Waals surface area contributed by atoms with Gasteiger partial charge in [-0.15, -0.1) is 0 Å². The molecule has 5 heteroatoms. The summed E-state index contributed by atoms with van der Waals surface area (Å²) in [5.41, 5.74) is 3.39. The molecule has 1 fully saturated rings. The van der Waals surface area contributed by atoms with Gasteiger partial charge in [-0.05, 0) is 25.1 Å². The van der Waals surface area contributed by atoms with Gasteiger partial charge in [0.15, 0.2) is 0 Å². The maximum atomic E-state index is 13.3. The number of piperazine rings is 1. The highest BCUT2D eigenvalue weighted by Gasteiger charge is 2.28. The molecular weight excluding hydrogens is 362 g/mol. The van der Waals surface area contributed by atoms with Crippen molar-refractivity contribution in [2.24, 2.45) is 0 Å². The van der Waals surface area contributed by atoms with E-state index >= 15 is 0 Å². The summed E-state index contributed by atoms with van der Waals surface area (Å²) in [4.78, 5) is 22.7. The number of pyridine rings is 1. The number of hydrogen-bond acceptors (Lipinski definition) is 5. The second kappa shape index (κ2) is 8.62. The van der Waals surface area contributed by atoms with Gasteiger partial charge in [-0.2, -0.15) is 0 Å². The van der Waals surface area contributed by atoms with Crippen molar-refractivity contribution in [2.75, 3.05) is 44.7 Å². The normalized spacial score (nSPS) is 14.9. The number of likely N-dealkylation sites (N-methyl/N-ethyl adjacent to an activating group) is 1. The summed E-state index contributed by atoms with van der Waals surface area (Å²) in [6.45, 7) is 5.97. The summed E-state index contributed by atoms with van der Waals surface area (Å²) in [7, 11) is 2.12. The third-order valence-electron chi connectivity index (χ3n) is 5.38. The Labute approximate surface area is 171 Å². The van der Waals surface area contributed by atoms with E-state index in [0.717, 1.165) is 60.4 Å². The highest BCUT2D eigenvalue weighted by Crippen LogP contribution is 2.37. The molecule has 2 heterocycles. The maximum absolute atomic E-state index is 13.3. The van der Waals surface area contributed by atoms with Gasteiger partial charge in [0, 0.05) is 37.1 Å². The van der Waals surface area contributed by atoms with E-state index < -0.39 is 0 Å². The van der Waals surface area contributed by atoms with Gasteiger partial charge in [0.1, 0.15) is 11.4 Å². The van der Waals surface area contributed by atoms with Gasteiger partial charge in [0.05, 0.1) is 12.1 Å². The summed E-state index contributed by atoms with van der Waals surface area (Å²) in [5.74, 6) is 0.439. The van der Waals surface area contributed by atoms with Gasteiger partial charge < -0.3 is 14.5 Å². The number of benzene rings is 2. The zero-order chi connectivity index (χ0) is 20.2. The number of fused-ring (bicyclic) bond motifs is 1. The average Bonchev–Trinajstić information content (AvgIpc) is 2.77. The van der Waals surface area contributed by atoms with Crippen LogP contribution in [0.15, 0.2) is 54.6 Å². The minimum atomic E-state index is -0.294. The Morgan fingerprint density at radius 1 is 1.00 bits per heavy atom. The van der Waals surface area contributed by atoms with E-state index in [0.29, 0.717) is 12.2 Å². The molecule has 1 aliphatic heterocycles. The smallest absolute Gasteiger partial charge is 0.342 e. The number of nitrogens with zero attached hydrogens (tertiary/aromatic N) is 3. The van der Waals surface area contributed by atoms with Gasteiger partial charge in [-0.1, -0.05) is 55.5 Å². The predicted molar refractivity (Wildman–Crippen MR) is 117 cm³/mol. The van der Waals surface area contributed by atoms with Gasteiger partial charge in [0.25, 0.3) is 0 Å². The number of ether oxygens (including phenoxy) is 1. The molecule has 0 atom stereocenters. The van der Waals surface area contributed by atoms with Crippen molar-refractivity contribution in [3.8, 4) is 11.1 Å². The topological polar surface area (TPSA) is 45.7 Å². The third-order valence-corrected chi connectivity index (χ3v) is 5.38. The van der Waals surface area contributed by atoms with Gasteiger partial charge >= 0.3 is 5.97 Å². The molecule has 0 saturated carbocycles. The van der Waals surface area contributed by atoms with Crippen LogP contribution in [0.4, 0.5) is 5.82 Å². The second-order valence-electron chi connectivity index (χ2n) is 7.49. The van der Waals surface area contributed by atoms with Crippen LogP contribution in [0.1, 0.15) is 23.7 Å². The molecular formula is C24H27N3O2. The first-order chi connectivity index (χ1) is 14.2. The van der Waals surface area contributed by atoms with Gasteiger partial charge in [-0.3, -0.25) is 0 Å². The molecule has 0 radical (unpaired) electrons. The van der Waals surface area contributed by atoms with Crippen molar-refractivity contribution in [3.63, 3.8) is 0 Å². The fourth-order valence-corrected chi connectivity index (χ4v) is 3.81. The molecule has 0 amide bonds. The first-order valence-corrected chi connectivity index (χ1v) is 10.3. The zero-order valence-electron chi connectivity index (χ0n) is 17.1. The van der Waals surface area contributed by atoms with Crippen LogP contribution in [0.3, 0.4) is 0 Å². The zero-order valence-corrected chi connectivity index (χ0v) is 17.1. The fraction of sp³-hybridized carbons (Fsp3) is 0.333. The van der Waals surface area contributed by atoms with Crippen LogP contribution in [0.5, 0.6) is 0 Å². The molecule has 5 nitrogen and oxygen atoms in total. The molecule has 0 N–H and O–H groups in total. The SMILES string of the molecule is CCCOC(=O)c1c(N2CCN(C)CC2)nc2ccccc2c1-c1ccccc1. The first-order valence-electron chi connectivity index (χ1n) is 10.3. The standard InChI is InChI=1S/C24H27N3O2/c1-3-17-29-24(28)22-21(18-9-5-4-6-10-18)19-11-7-8-12-20(19)25-23(22)27-15-13-26(2)14-16-27/h4-12H,3,13-17H2,1-2H3. The van der Waals surface area contributed by atoms with E-state index in [2.05, 4.69) is 16.8 Å². The van der Waals surface area contributed by atoms with Crippen molar-refractivity contribution in [1.82, 2.24) is 9.88 Å². The first kappa shape index (κ1) is 19.4. The highest BCUT2D eigenvalue weighted by molar-refractivity contribution is 6.10. The quantitative estimate of drug-likeness (QED) is 0.612. The average molecular weight is 389 g/mol. The van der Waals surface area contributed by atoms with E-state index in [1.54, 1.807) is 0 Å². The second-order valence-corrected chi connectivity index (χ2v) is 7.49. The Balaban J connectivity index is 1.96. The predicted octanol–water partition coefficient (Wildman–Crippen LogP) is 4.22. The summed E-state index contributed by atoms with van der Waals surface area (Å²) in [6.07, 6.45) is 0.789. The lowest BCUT2D eigenvalue weighted by Crippen LogP contribution is -2.45. The lowest BCUT2D eigenvalue weighted by atomic mass is 9.95. The number of esters is 1. The summed E-state index contributed by atoms with van der Waals surface area (Å²) >= 11 is 0. The number of hydrogen-bond donors (Lipinski definition) is 0. The van der Waals surface area contributed by atoms with Crippen LogP contribution < -0.4 is 4.90 Å². The van der Waals surface area contributed by atoms with Crippen molar-refractivity contribution in [1.29, 1.82) is 0 Å². The van der Waals surface area contributed by atoms with Crippen LogP contribution in [0, 0.1) is 0 Å². The molecule has 0 unspecified atom stereocenters. The van der Waals surface area contributed by atoms with Crippen LogP contribution in [0.25, 0.3) is 22.0 Å². The largest absolute Gasteiger partial charge is 0.462 e. The van der Waals surface area contributed by atoms with Crippen molar-refractivity contribution >= 4 is 22.7 Å². The third kappa shape index (κ3) is 3.96. The van der Waals surface area contributed by atoms with Gasteiger partial charge in [0.2, 0.25) is 0 Å². The van der Waals surface area contributed by atoms with E-state index in [1.807, 2.05) is 61.5 Å². The van der Waals surface area contributed by atoms with Gasteiger partial charge in [-0.25, -0.2) is 9.78 Å². The molecule has 150 valence electrons. The molecule has 1 aromatic heterocycles. The number of rotatable bonds is 5. The molecule has 29 heavy (non-hydrogen) atoms. The molecule has 0 bridgehead atoms. The van der Waals surface area contributed by atoms with Crippen LogP contribution in [-0.4, -0.2) is 55.7 Å². The minimum Gasteiger partial charge on any atom is -0.462 e. The van der Waals surface area contributed by atoms with Crippen molar-refractivity contribution < 1.29 is 9.53 Å². The fourth-order valence-electron chi connectivity index (χ4n) is 3.81. The van der Waals surface area contributed by atoms with E-state index in [-0.39, 0.29) is 5.97 Å². The number of anilines is 1. The van der Waals surface area contributed by atoms with Crippen molar-refractivity contribution in [2.45, 2.75) is 13.3 Å². The summed E-state index contributed by atoms with van der Waals surface area (Å²) in [6, 6.07) is 18.1. The number of para-hydroxylation sites is 1. The Morgan fingerprint density at radius 3 is 2.41 bits per heavy atom. The Morgan fingerprint density at radius 2 is 1.69 bits per heavy atom. The van der Waals surface area contributed by atoms with Crippen LogP contribution in [-0.2, 0) is 4.74 Å². The Hall–Kier alpha value is -2.92. The molecule has 4 rings (SSSR count). The van der Waals surface area contributed by atoms with E-state index in [1.165, 1.54) is 0 Å². The molecule has 0 spiro atoms. The molecule has 1 aliphatic rings. The molecule has 2 aromatic carbocycles. The Kier molecular flexibility index (Phi) is 5.76. The molecule has 1 saturated heterocycles. The summed E-state index contributed by atoms with van der Waals surface area (Å²) in [5, 5.41) is 0.972. The maximum Gasteiger partial charge on any atom is 0.342 e. The summed E-state index contributed by atoms with van der Waals surface area (Å²) < 4.78 is 5.62.